The van der Waals surface area contributed by atoms with E-state index in [9.17, 15) is 5.11 Å². The van der Waals surface area contributed by atoms with E-state index in [-0.39, 0.29) is 6.10 Å². The molecular weight excluding hydrogens is 406 g/mol. The maximum atomic E-state index is 10.4. The minimum Gasteiger partial charge on any atom is -0.439 e. The number of nitrogens with zero attached hydrogens (tertiary/aromatic N) is 2. The molecule has 0 aliphatic carbocycles. The minimum atomic E-state index is -0.333. The van der Waals surface area contributed by atoms with Gasteiger partial charge in [-0.25, -0.2) is 4.98 Å². The number of aromatic nitrogens is 1. The van der Waals surface area contributed by atoms with Gasteiger partial charge in [-0.3, -0.25) is 0 Å². The molecule has 0 bridgehead atoms. The molecule has 2 N–H and O–H groups in total. The number of halogens is 1. The molecule has 2 heterocycles. The molecule has 154 valence electrons. The van der Waals surface area contributed by atoms with Crippen LogP contribution in [0.5, 0.6) is 0 Å². The Morgan fingerprint density at radius 3 is 2.69 bits per heavy atom. The van der Waals surface area contributed by atoms with Crippen molar-refractivity contribution in [2.75, 3.05) is 25.4 Å². The lowest BCUT2D eigenvalue weighted by Crippen LogP contribution is -2.45. The van der Waals surface area contributed by atoms with Crippen LogP contribution >= 0.6 is 23.4 Å². The van der Waals surface area contributed by atoms with E-state index in [1.54, 1.807) is 11.8 Å². The van der Waals surface area contributed by atoms with Gasteiger partial charge in [-0.05, 0) is 62.3 Å². The molecule has 4 rings (SSSR count). The van der Waals surface area contributed by atoms with Crippen LogP contribution in [-0.4, -0.2) is 52.5 Å². The fraction of sp³-hybridized carbons (Fsp3) is 0.409. The third-order valence-corrected chi connectivity index (χ3v) is 6.60. The molecule has 1 aromatic heterocycles. The van der Waals surface area contributed by atoms with Gasteiger partial charge >= 0.3 is 0 Å². The molecule has 1 aliphatic rings. The Balaban J connectivity index is 1.15. The Morgan fingerprint density at radius 1 is 1.17 bits per heavy atom. The first-order valence-corrected chi connectivity index (χ1v) is 11.4. The summed E-state index contributed by atoms with van der Waals surface area (Å²) in [5.41, 5.74) is 1.74. The monoisotopic (exact) mass is 431 g/mol. The van der Waals surface area contributed by atoms with Crippen molar-refractivity contribution in [2.24, 2.45) is 0 Å². The predicted molar refractivity (Wildman–Crippen MR) is 118 cm³/mol. The van der Waals surface area contributed by atoms with Gasteiger partial charge in [-0.2, -0.15) is 0 Å². The highest BCUT2D eigenvalue weighted by Gasteiger charge is 2.21. The van der Waals surface area contributed by atoms with Crippen LogP contribution in [0, 0.1) is 0 Å². The van der Waals surface area contributed by atoms with Crippen molar-refractivity contribution in [3.8, 4) is 0 Å². The Morgan fingerprint density at radius 2 is 1.93 bits per heavy atom. The van der Waals surface area contributed by atoms with Crippen molar-refractivity contribution in [3.63, 3.8) is 0 Å². The third kappa shape index (κ3) is 5.96. The van der Waals surface area contributed by atoms with E-state index in [0.717, 1.165) is 59.4 Å². The second-order valence-corrected chi connectivity index (χ2v) is 8.98. The fourth-order valence-electron chi connectivity index (χ4n) is 3.62. The summed E-state index contributed by atoms with van der Waals surface area (Å²) < 4.78 is 5.78. The molecule has 1 fully saturated rings. The van der Waals surface area contributed by atoms with Crippen LogP contribution in [0.1, 0.15) is 18.7 Å². The highest BCUT2D eigenvalue weighted by molar-refractivity contribution is 7.99. The molecule has 7 heteroatoms. The van der Waals surface area contributed by atoms with E-state index in [1.807, 2.05) is 48.5 Å². The van der Waals surface area contributed by atoms with Crippen molar-refractivity contribution in [1.82, 2.24) is 15.2 Å². The number of aliphatic hydroxyl groups is 1. The van der Waals surface area contributed by atoms with Gasteiger partial charge in [-0.1, -0.05) is 23.7 Å². The van der Waals surface area contributed by atoms with Gasteiger partial charge in [0.25, 0.3) is 0 Å². The van der Waals surface area contributed by atoms with Crippen molar-refractivity contribution in [1.29, 1.82) is 0 Å². The third-order valence-electron chi connectivity index (χ3n) is 5.19. The number of aliphatic hydroxyl groups excluding tert-OH is 1. The number of likely N-dealkylation sites (tertiary alicyclic amines) is 1. The molecule has 1 unspecified atom stereocenters. The number of rotatable bonds is 8. The Hall–Kier alpha value is -1.57. The van der Waals surface area contributed by atoms with Crippen molar-refractivity contribution >= 4 is 34.5 Å². The van der Waals surface area contributed by atoms with E-state index in [1.165, 1.54) is 0 Å². The lowest BCUT2D eigenvalue weighted by Gasteiger charge is -2.33. The second-order valence-electron chi connectivity index (χ2n) is 7.45. The van der Waals surface area contributed by atoms with Crippen molar-refractivity contribution in [2.45, 2.75) is 36.4 Å². The van der Waals surface area contributed by atoms with E-state index in [0.29, 0.717) is 18.3 Å². The number of nitrogens with one attached hydrogen (secondary N) is 1. The van der Waals surface area contributed by atoms with E-state index >= 15 is 0 Å². The Kier molecular flexibility index (Phi) is 7.11. The molecule has 29 heavy (non-hydrogen) atoms. The molecule has 1 saturated heterocycles. The number of piperidine rings is 1. The number of β-amino-alcohol motifs (C(OH)–C–C–N with tert-alkyl or cyclic N) is 1. The topological polar surface area (TPSA) is 61.5 Å². The summed E-state index contributed by atoms with van der Waals surface area (Å²) in [5, 5.41) is 14.7. The number of para-hydroxylation sites is 2. The molecular formula is C22H26ClN3O2S. The van der Waals surface area contributed by atoms with Gasteiger partial charge in [0.2, 0.25) is 5.89 Å². The Labute approximate surface area is 180 Å². The van der Waals surface area contributed by atoms with Gasteiger partial charge in [0.05, 0.1) is 12.6 Å². The van der Waals surface area contributed by atoms with Crippen molar-refractivity contribution < 1.29 is 9.52 Å². The van der Waals surface area contributed by atoms with E-state index < -0.39 is 0 Å². The van der Waals surface area contributed by atoms with Gasteiger partial charge in [-0.15, -0.1) is 11.8 Å². The lowest BCUT2D eigenvalue weighted by atomic mass is 10.0. The van der Waals surface area contributed by atoms with Crippen LogP contribution in [0.3, 0.4) is 0 Å². The van der Waals surface area contributed by atoms with Crippen LogP contribution in [0.4, 0.5) is 0 Å². The molecule has 0 radical (unpaired) electrons. The molecule has 0 amide bonds. The van der Waals surface area contributed by atoms with Crippen LogP contribution in [0.2, 0.25) is 5.02 Å². The number of fused-ring (bicyclic) bond motifs is 1. The largest absolute Gasteiger partial charge is 0.439 e. The summed E-state index contributed by atoms with van der Waals surface area (Å²) >= 11 is 7.58. The molecule has 1 atom stereocenters. The normalized spacial score (nSPS) is 17.0. The zero-order valence-corrected chi connectivity index (χ0v) is 17.8. The molecule has 3 aromatic rings. The standard InChI is InChI=1S/C22H26ClN3O2S/c23-16-5-7-19(8-6-16)29-15-18(27)14-26-11-9-17(10-12-26)24-13-22-25-20-3-1-2-4-21(20)28-22/h1-8,17-18,24,27H,9-15H2. The first kappa shape index (κ1) is 20.7. The molecule has 1 aliphatic heterocycles. The first-order chi connectivity index (χ1) is 14.2. The van der Waals surface area contributed by atoms with Crippen LogP contribution in [-0.2, 0) is 6.54 Å². The summed E-state index contributed by atoms with van der Waals surface area (Å²) in [6.45, 7) is 3.36. The number of hydrogen-bond acceptors (Lipinski definition) is 6. The van der Waals surface area contributed by atoms with E-state index in [2.05, 4.69) is 15.2 Å². The lowest BCUT2D eigenvalue weighted by molar-refractivity contribution is 0.108. The summed E-state index contributed by atoms with van der Waals surface area (Å²) in [6.07, 6.45) is 1.80. The number of thioether (sulfide) groups is 1. The maximum absolute atomic E-state index is 10.4. The van der Waals surface area contributed by atoms with Crippen molar-refractivity contribution in [3.05, 3.63) is 59.4 Å². The fourth-order valence-corrected chi connectivity index (χ4v) is 4.57. The number of hydrogen-bond donors (Lipinski definition) is 2. The predicted octanol–water partition coefficient (Wildman–Crippen LogP) is 4.19. The second kappa shape index (κ2) is 9.96. The Bertz CT molecular complexity index is 877. The van der Waals surface area contributed by atoms with Gasteiger partial charge in [0.1, 0.15) is 5.52 Å². The zero-order chi connectivity index (χ0) is 20.1. The van der Waals surface area contributed by atoms with Crippen LogP contribution in [0.15, 0.2) is 57.8 Å². The molecule has 0 spiro atoms. The average molecular weight is 432 g/mol. The summed E-state index contributed by atoms with van der Waals surface area (Å²) in [6, 6.07) is 16.1. The molecule has 5 nitrogen and oxygen atoms in total. The smallest absolute Gasteiger partial charge is 0.209 e. The number of oxazole rings is 1. The first-order valence-electron chi connectivity index (χ1n) is 10.0. The highest BCUT2D eigenvalue weighted by atomic mass is 35.5. The maximum Gasteiger partial charge on any atom is 0.209 e. The summed E-state index contributed by atoms with van der Waals surface area (Å²) in [4.78, 5) is 8.01. The SMILES string of the molecule is OC(CSc1ccc(Cl)cc1)CN1CCC(NCc2nc3ccccc3o2)CC1. The van der Waals surface area contributed by atoms with Gasteiger partial charge in [0.15, 0.2) is 5.58 Å². The molecule has 2 aromatic carbocycles. The van der Waals surface area contributed by atoms with E-state index in [4.69, 9.17) is 16.0 Å². The average Bonchev–Trinajstić information content (AvgIpc) is 3.16. The quantitative estimate of drug-likeness (QED) is 0.521. The van der Waals surface area contributed by atoms with Crippen LogP contribution in [0.25, 0.3) is 11.1 Å². The molecule has 0 saturated carbocycles. The van der Waals surface area contributed by atoms with Gasteiger partial charge < -0.3 is 19.7 Å². The highest BCUT2D eigenvalue weighted by Crippen LogP contribution is 2.22. The zero-order valence-electron chi connectivity index (χ0n) is 16.3. The van der Waals surface area contributed by atoms with Crippen LogP contribution < -0.4 is 5.32 Å². The summed E-state index contributed by atoms with van der Waals surface area (Å²) in [7, 11) is 0. The van der Waals surface area contributed by atoms with Gasteiger partial charge in [0, 0.05) is 28.3 Å². The summed E-state index contributed by atoms with van der Waals surface area (Å²) in [5.74, 6) is 1.43. The number of benzene rings is 2. The minimum absolute atomic E-state index is 0.333.